The Kier molecular flexibility index (Phi) is 14.5. The first-order valence-corrected chi connectivity index (χ1v) is 15.3. The zero-order valence-corrected chi connectivity index (χ0v) is 27.9. The summed E-state index contributed by atoms with van der Waals surface area (Å²) in [5.74, 6) is 2.51. The van der Waals surface area contributed by atoms with E-state index in [0.29, 0.717) is 40.3 Å². The van der Waals surface area contributed by atoms with Crippen molar-refractivity contribution in [2.45, 2.75) is 66.2 Å². The fourth-order valence-electron chi connectivity index (χ4n) is 5.18. The van der Waals surface area contributed by atoms with Gasteiger partial charge in [-0.2, -0.15) is 0 Å². The smallest absolute Gasteiger partial charge is 0.267 e. The Hall–Kier alpha value is -3.73. The third-order valence-electron chi connectivity index (χ3n) is 8.07. The average molecular weight is 603 g/mol. The topological polar surface area (TPSA) is 77.5 Å². The number of rotatable bonds is 13. The molecule has 0 aliphatic carbocycles. The number of nitrogens with zero attached hydrogens (tertiary/aromatic N) is 1. The average Bonchev–Trinajstić information content (AvgIpc) is 3.00. The molecule has 1 amide bonds. The zero-order chi connectivity index (χ0) is 32.9. The maximum atomic E-state index is 15.4. The minimum atomic E-state index is -0.420. The molecule has 1 aromatic carbocycles. The second-order valence-corrected chi connectivity index (χ2v) is 12.3. The molecule has 1 fully saturated rings. The number of terminal acetylenes is 1. The third kappa shape index (κ3) is 10.8. The number of ether oxygens (including phenoxy) is 1. The van der Waals surface area contributed by atoms with Crippen LogP contribution in [0, 0.1) is 29.5 Å². The van der Waals surface area contributed by atoms with E-state index in [9.17, 15) is 4.79 Å². The molecule has 2 rings (SSSR count). The zero-order valence-electron chi connectivity index (χ0n) is 27.9. The quantitative estimate of drug-likeness (QED) is 0.0994. The minimum Gasteiger partial charge on any atom is -0.380 e. The summed E-state index contributed by atoms with van der Waals surface area (Å²) in [5, 5.41) is 13.7. The molecule has 0 atom stereocenters. The molecule has 3 N–H and O–H groups in total. The lowest BCUT2D eigenvalue weighted by Crippen LogP contribution is -2.33. The molecule has 44 heavy (non-hydrogen) atoms. The maximum Gasteiger partial charge on any atom is 0.267 e. The highest BCUT2D eigenvalue weighted by Gasteiger charge is 2.20. The lowest BCUT2D eigenvalue weighted by molar-refractivity contribution is -0.117. The van der Waals surface area contributed by atoms with Crippen molar-refractivity contribution in [2.24, 2.45) is 5.92 Å². The molecule has 0 aromatic heterocycles. The van der Waals surface area contributed by atoms with E-state index >= 15 is 4.39 Å². The van der Waals surface area contributed by atoms with Crippen molar-refractivity contribution in [2.75, 3.05) is 40.4 Å². The molecule has 1 aliphatic rings. The Morgan fingerprint density at radius 1 is 1.18 bits per heavy atom. The van der Waals surface area contributed by atoms with Gasteiger partial charge in [-0.15, -0.1) is 6.42 Å². The molecule has 0 radical (unpaired) electrons. The van der Waals surface area contributed by atoms with E-state index in [4.69, 9.17) is 16.6 Å². The Balaban J connectivity index is 2.39. The lowest BCUT2D eigenvalue weighted by atomic mass is 9.84. The number of carbonyl (C=O) groups is 1. The van der Waals surface area contributed by atoms with E-state index in [1.165, 1.54) is 17.9 Å². The normalized spacial score (nSPS) is 16.5. The second-order valence-electron chi connectivity index (χ2n) is 12.3. The van der Waals surface area contributed by atoms with Crippen LogP contribution in [-0.4, -0.2) is 57.4 Å². The highest BCUT2D eigenvalue weighted by atomic mass is 19.1. The summed E-state index contributed by atoms with van der Waals surface area (Å²) in [7, 11) is 3.14. The van der Waals surface area contributed by atoms with Gasteiger partial charge < -0.3 is 25.7 Å². The van der Waals surface area contributed by atoms with Gasteiger partial charge in [0.05, 0.1) is 6.61 Å². The molecular formula is C37H51FN4O2. The summed E-state index contributed by atoms with van der Waals surface area (Å²) in [6.45, 7) is 15.8. The van der Waals surface area contributed by atoms with Crippen LogP contribution < -0.4 is 10.6 Å². The van der Waals surface area contributed by atoms with Crippen molar-refractivity contribution in [3.05, 3.63) is 87.1 Å². The van der Waals surface area contributed by atoms with Gasteiger partial charge in [0.2, 0.25) is 0 Å². The van der Waals surface area contributed by atoms with Gasteiger partial charge in [0.1, 0.15) is 11.5 Å². The highest BCUT2D eigenvalue weighted by molar-refractivity contribution is 5.93. The Bertz CT molecular complexity index is 1360. The number of hydrogen-bond donors (Lipinski definition) is 3. The number of likely N-dealkylation sites (N-methyl/N-ethyl adjacent to an activating group) is 1. The molecular weight excluding hydrogens is 551 g/mol. The van der Waals surface area contributed by atoms with Crippen molar-refractivity contribution >= 4 is 18.2 Å². The van der Waals surface area contributed by atoms with Gasteiger partial charge in [0.15, 0.2) is 0 Å². The molecule has 1 heterocycles. The van der Waals surface area contributed by atoms with Gasteiger partial charge in [-0.05, 0) is 111 Å². The lowest BCUT2D eigenvalue weighted by Gasteiger charge is -2.31. The standard InChI is InChI=1S/C37H51FN4O2/c1-10-28-22-32(37(5,6)7)24-34(38)33(28)23-31(25-44-9)30(16-19-39)14-15-35(36(43)40-8)41-27(4)13-12-26(3)29-17-20-42(11-2)21-18-29/h1,12-13,15-16,19,22-24,29,39,41H,11,14,17-18,20-21,25H2,2-9H3,(H,40,43)/b26-12+,27-13+,30-16-,31-23+,35-15+,39-19?. The number of amides is 1. The van der Waals surface area contributed by atoms with Gasteiger partial charge in [-0.3, -0.25) is 4.79 Å². The monoisotopic (exact) mass is 602 g/mol. The summed E-state index contributed by atoms with van der Waals surface area (Å²) in [6, 6.07) is 3.36. The van der Waals surface area contributed by atoms with E-state index in [1.807, 2.05) is 39.8 Å². The largest absolute Gasteiger partial charge is 0.380 e. The summed E-state index contributed by atoms with van der Waals surface area (Å²) in [5.41, 5.74) is 5.17. The summed E-state index contributed by atoms with van der Waals surface area (Å²) < 4.78 is 20.9. The molecule has 1 aromatic rings. The molecule has 0 spiro atoms. The predicted octanol–water partition coefficient (Wildman–Crippen LogP) is 6.90. The van der Waals surface area contributed by atoms with Gasteiger partial charge in [-0.25, -0.2) is 4.39 Å². The van der Waals surface area contributed by atoms with Crippen LogP contribution in [0.15, 0.2) is 64.6 Å². The van der Waals surface area contributed by atoms with Gasteiger partial charge in [0.25, 0.3) is 5.91 Å². The molecule has 0 saturated carbocycles. The van der Waals surface area contributed by atoms with E-state index in [-0.39, 0.29) is 17.9 Å². The summed E-state index contributed by atoms with van der Waals surface area (Å²) in [4.78, 5) is 15.3. The summed E-state index contributed by atoms with van der Waals surface area (Å²) >= 11 is 0. The van der Waals surface area contributed by atoms with E-state index < -0.39 is 5.82 Å². The van der Waals surface area contributed by atoms with Crippen molar-refractivity contribution in [1.82, 2.24) is 15.5 Å². The van der Waals surface area contributed by atoms with Crippen molar-refractivity contribution in [3.63, 3.8) is 0 Å². The first-order valence-electron chi connectivity index (χ1n) is 15.3. The number of methoxy groups -OCH3 is 1. The van der Waals surface area contributed by atoms with Crippen LogP contribution in [0.2, 0.25) is 0 Å². The van der Waals surface area contributed by atoms with Gasteiger partial charge >= 0.3 is 0 Å². The predicted molar refractivity (Wildman–Crippen MR) is 182 cm³/mol. The Morgan fingerprint density at radius 2 is 1.86 bits per heavy atom. The number of likely N-dealkylation sites (tertiary alicyclic amines) is 1. The minimum absolute atomic E-state index is 0.168. The van der Waals surface area contributed by atoms with Crippen LogP contribution >= 0.6 is 0 Å². The number of halogens is 1. The molecule has 6 nitrogen and oxygen atoms in total. The molecule has 1 aliphatic heterocycles. The molecule has 0 bridgehead atoms. The third-order valence-corrected chi connectivity index (χ3v) is 8.07. The van der Waals surface area contributed by atoms with Crippen LogP contribution in [0.3, 0.4) is 0 Å². The number of carbonyl (C=O) groups excluding carboxylic acids is 1. The van der Waals surface area contributed by atoms with Crippen molar-refractivity contribution in [1.29, 1.82) is 5.41 Å². The Labute approximate surface area is 264 Å². The van der Waals surface area contributed by atoms with Crippen LogP contribution in [0.1, 0.15) is 77.5 Å². The van der Waals surface area contributed by atoms with Crippen LogP contribution in [0.25, 0.3) is 6.08 Å². The first kappa shape index (κ1) is 36.5. The first-order chi connectivity index (χ1) is 20.9. The fraction of sp³-hybridized carbons (Fsp3) is 0.459. The van der Waals surface area contributed by atoms with Crippen molar-refractivity contribution < 1.29 is 13.9 Å². The van der Waals surface area contributed by atoms with Crippen LogP contribution in [0.5, 0.6) is 0 Å². The van der Waals surface area contributed by atoms with Gasteiger partial charge in [-0.1, -0.05) is 51.3 Å². The maximum absolute atomic E-state index is 15.4. The molecule has 238 valence electrons. The van der Waals surface area contributed by atoms with Crippen molar-refractivity contribution in [3.8, 4) is 12.3 Å². The number of nitrogens with one attached hydrogen (secondary N) is 3. The van der Waals surface area contributed by atoms with Crippen LogP contribution in [-0.2, 0) is 14.9 Å². The second kappa shape index (κ2) is 17.5. The number of piperidine rings is 1. The van der Waals surface area contributed by atoms with Crippen LogP contribution in [0.4, 0.5) is 4.39 Å². The number of benzene rings is 1. The number of hydrogen-bond acceptors (Lipinski definition) is 5. The highest BCUT2D eigenvalue weighted by Crippen LogP contribution is 2.29. The van der Waals surface area contributed by atoms with E-state index in [2.05, 4.69) is 41.4 Å². The number of allylic oxidation sites excluding steroid dienone is 6. The summed E-state index contributed by atoms with van der Waals surface area (Å²) in [6.07, 6.45) is 18.8. The molecule has 1 saturated heterocycles. The SMILES string of the molecule is C#Cc1cc(C(C)(C)C)cc(F)c1/C=C(COC)/C(=C\C=N)C/C=C(/N/C(C)=C/C=C(\C)C1CCN(CC)CC1)C(=O)NC. The fourth-order valence-corrected chi connectivity index (χ4v) is 5.18. The Morgan fingerprint density at radius 3 is 2.41 bits per heavy atom. The molecule has 0 unspecified atom stereocenters. The van der Waals surface area contributed by atoms with E-state index in [0.717, 1.165) is 43.7 Å². The van der Waals surface area contributed by atoms with E-state index in [1.54, 1.807) is 32.4 Å². The van der Waals surface area contributed by atoms with Gasteiger partial charge in [0, 0.05) is 37.2 Å². The molecule has 7 heteroatoms.